The van der Waals surface area contributed by atoms with Gasteiger partial charge in [-0.15, -0.1) is 0 Å². The second-order valence-electron chi connectivity index (χ2n) is 8.51. The third-order valence-electron chi connectivity index (χ3n) is 6.23. The molecule has 3 heterocycles. The van der Waals surface area contributed by atoms with Gasteiger partial charge in [-0.25, -0.2) is 9.78 Å². The number of halogens is 1. The van der Waals surface area contributed by atoms with Crippen LogP contribution in [0.2, 0.25) is 5.15 Å². The average Bonchev–Trinajstić information content (AvgIpc) is 3.43. The highest BCUT2D eigenvalue weighted by molar-refractivity contribution is 6.30. The van der Waals surface area contributed by atoms with Gasteiger partial charge < -0.3 is 25.6 Å². The summed E-state index contributed by atoms with van der Waals surface area (Å²) < 4.78 is 1.27. The lowest BCUT2D eigenvalue weighted by Crippen LogP contribution is -2.40. The number of fused-ring (bicyclic) bond motifs is 1. The first-order valence-electron chi connectivity index (χ1n) is 11.1. The summed E-state index contributed by atoms with van der Waals surface area (Å²) in [7, 11) is 0. The summed E-state index contributed by atoms with van der Waals surface area (Å²) in [5, 5.41) is 16.3. The number of aryl methyl sites for hydroxylation is 1. The van der Waals surface area contributed by atoms with Crippen molar-refractivity contribution in [2.45, 2.75) is 45.8 Å². The normalized spacial score (nSPS) is 15.6. The summed E-state index contributed by atoms with van der Waals surface area (Å²) >= 11 is 6.23. The van der Waals surface area contributed by atoms with Crippen LogP contribution in [0.15, 0.2) is 29.2 Å². The molecule has 0 spiro atoms. The van der Waals surface area contributed by atoms with E-state index >= 15 is 0 Å². The fourth-order valence-corrected chi connectivity index (χ4v) is 4.44. The molecule has 3 aromatic rings. The van der Waals surface area contributed by atoms with Gasteiger partial charge in [0, 0.05) is 36.7 Å². The van der Waals surface area contributed by atoms with Crippen molar-refractivity contribution in [1.29, 1.82) is 0 Å². The largest absolute Gasteiger partial charge is 0.465 e. The standard InChI is InChI=1S/C23H27ClN6O4/c1-13-9-25-18-6-5-15(8-17(13)18)10-26-19(31)12-30-14(2)20(24)28-21(22(30)32)27-11-16-4-3-7-29(16)23(33)34/h5-6,8-9,16,25H,3-4,7,10-12H2,1-2H3,(H,26,31)(H,27,28)(H,33,34)/t16-/m0/s1. The van der Waals surface area contributed by atoms with Crippen molar-refractivity contribution < 1.29 is 14.7 Å². The molecule has 1 atom stereocenters. The minimum absolute atomic E-state index is 0.00553. The van der Waals surface area contributed by atoms with Crippen molar-refractivity contribution in [1.82, 2.24) is 24.8 Å². The highest BCUT2D eigenvalue weighted by Gasteiger charge is 2.28. The van der Waals surface area contributed by atoms with E-state index in [-0.39, 0.29) is 36.0 Å². The SMILES string of the molecule is Cc1c[nH]c2ccc(CNC(=O)Cn3c(C)c(Cl)nc(NC[C@@H]4CCCN4C(=O)O)c3=O)cc12. The average molecular weight is 487 g/mol. The van der Waals surface area contributed by atoms with E-state index in [9.17, 15) is 19.5 Å². The van der Waals surface area contributed by atoms with Crippen LogP contribution in [0.25, 0.3) is 10.9 Å². The molecule has 10 nitrogen and oxygen atoms in total. The minimum Gasteiger partial charge on any atom is -0.465 e. The quantitative estimate of drug-likeness (QED) is 0.406. The maximum Gasteiger partial charge on any atom is 0.407 e. The zero-order chi connectivity index (χ0) is 24.4. The van der Waals surface area contributed by atoms with Gasteiger partial charge in [-0.3, -0.25) is 14.2 Å². The topological polar surface area (TPSA) is 132 Å². The highest BCUT2D eigenvalue weighted by atomic mass is 35.5. The second-order valence-corrected chi connectivity index (χ2v) is 8.87. The van der Waals surface area contributed by atoms with E-state index in [0.29, 0.717) is 25.2 Å². The number of carbonyl (C=O) groups excluding carboxylic acids is 1. The fourth-order valence-electron chi connectivity index (χ4n) is 4.26. The number of carbonyl (C=O) groups is 2. The maximum atomic E-state index is 13.0. The van der Waals surface area contributed by atoms with E-state index in [0.717, 1.165) is 28.5 Å². The molecular weight excluding hydrogens is 460 g/mol. The number of likely N-dealkylation sites (tertiary alicyclic amines) is 1. The molecular formula is C23H27ClN6O4. The summed E-state index contributed by atoms with van der Waals surface area (Å²) in [6.45, 7) is 4.45. The summed E-state index contributed by atoms with van der Waals surface area (Å²) in [5.41, 5.74) is 3.00. The predicted octanol–water partition coefficient (Wildman–Crippen LogP) is 2.87. The van der Waals surface area contributed by atoms with Crippen molar-refractivity contribution in [2.24, 2.45) is 0 Å². The van der Waals surface area contributed by atoms with E-state index in [1.807, 2.05) is 31.3 Å². The van der Waals surface area contributed by atoms with Crippen LogP contribution in [0, 0.1) is 13.8 Å². The minimum atomic E-state index is -0.987. The molecule has 1 aliphatic heterocycles. The molecule has 0 saturated carbocycles. The summed E-state index contributed by atoms with van der Waals surface area (Å²) in [6.07, 6.45) is 2.41. The third kappa shape index (κ3) is 4.86. The van der Waals surface area contributed by atoms with Crippen LogP contribution < -0.4 is 16.2 Å². The van der Waals surface area contributed by atoms with Gasteiger partial charge in [0.25, 0.3) is 5.56 Å². The lowest BCUT2D eigenvalue weighted by molar-refractivity contribution is -0.121. The monoisotopic (exact) mass is 486 g/mol. The van der Waals surface area contributed by atoms with Crippen molar-refractivity contribution in [2.75, 3.05) is 18.4 Å². The van der Waals surface area contributed by atoms with Crippen LogP contribution in [0.5, 0.6) is 0 Å². The van der Waals surface area contributed by atoms with E-state index in [1.165, 1.54) is 9.47 Å². The van der Waals surface area contributed by atoms with Crippen LogP contribution in [0.4, 0.5) is 10.6 Å². The first-order chi connectivity index (χ1) is 16.2. The van der Waals surface area contributed by atoms with Gasteiger partial charge in [-0.05, 0) is 49.9 Å². The van der Waals surface area contributed by atoms with E-state index in [2.05, 4.69) is 20.6 Å². The molecule has 2 amide bonds. The number of nitrogens with zero attached hydrogens (tertiary/aromatic N) is 3. The molecule has 11 heteroatoms. The number of hydrogen-bond acceptors (Lipinski definition) is 5. The third-order valence-corrected chi connectivity index (χ3v) is 6.59. The molecule has 1 aromatic carbocycles. The number of carboxylic acid groups (broad SMARTS) is 1. The summed E-state index contributed by atoms with van der Waals surface area (Å²) in [6, 6.07) is 5.67. The Hall–Kier alpha value is -3.53. The number of anilines is 1. The number of nitrogens with one attached hydrogen (secondary N) is 3. The molecule has 0 aliphatic carbocycles. The van der Waals surface area contributed by atoms with Gasteiger partial charge in [-0.2, -0.15) is 0 Å². The first-order valence-corrected chi connectivity index (χ1v) is 11.5. The van der Waals surface area contributed by atoms with Crippen LogP contribution in [-0.2, 0) is 17.9 Å². The number of benzene rings is 1. The molecule has 0 radical (unpaired) electrons. The number of aromatic amines is 1. The molecule has 0 unspecified atom stereocenters. The van der Waals surface area contributed by atoms with Gasteiger partial charge in [0.15, 0.2) is 11.0 Å². The van der Waals surface area contributed by atoms with Gasteiger partial charge >= 0.3 is 6.09 Å². The van der Waals surface area contributed by atoms with Crippen LogP contribution in [0.3, 0.4) is 0 Å². The Kier molecular flexibility index (Phi) is 6.78. The Bertz CT molecular complexity index is 1300. The first kappa shape index (κ1) is 23.6. The fraction of sp³-hybridized carbons (Fsp3) is 0.391. The molecule has 180 valence electrons. The maximum absolute atomic E-state index is 13.0. The molecule has 1 fully saturated rings. The highest BCUT2D eigenvalue weighted by Crippen LogP contribution is 2.20. The lowest BCUT2D eigenvalue weighted by Gasteiger charge is -2.22. The number of hydrogen-bond donors (Lipinski definition) is 4. The molecule has 2 aromatic heterocycles. The van der Waals surface area contributed by atoms with Crippen molar-refractivity contribution in [3.63, 3.8) is 0 Å². The molecule has 34 heavy (non-hydrogen) atoms. The number of aromatic nitrogens is 3. The number of H-pyrrole nitrogens is 1. The number of amides is 2. The predicted molar refractivity (Wildman–Crippen MR) is 129 cm³/mol. The van der Waals surface area contributed by atoms with Gasteiger partial charge in [0.05, 0.1) is 11.7 Å². The van der Waals surface area contributed by atoms with Gasteiger partial charge in [-0.1, -0.05) is 17.7 Å². The zero-order valence-corrected chi connectivity index (χ0v) is 19.8. The van der Waals surface area contributed by atoms with Gasteiger partial charge in [0.1, 0.15) is 6.54 Å². The molecule has 1 aliphatic rings. The molecule has 0 bridgehead atoms. The molecule has 4 rings (SSSR count). The Balaban J connectivity index is 1.43. The smallest absolute Gasteiger partial charge is 0.407 e. The van der Waals surface area contributed by atoms with E-state index < -0.39 is 11.7 Å². The Morgan fingerprint density at radius 2 is 2.12 bits per heavy atom. The number of rotatable bonds is 7. The van der Waals surface area contributed by atoms with Crippen LogP contribution in [0.1, 0.15) is 29.7 Å². The van der Waals surface area contributed by atoms with Crippen molar-refractivity contribution in [3.05, 3.63) is 56.7 Å². The molecule has 4 N–H and O–H groups in total. The van der Waals surface area contributed by atoms with Crippen LogP contribution >= 0.6 is 11.6 Å². The molecule has 1 saturated heterocycles. The van der Waals surface area contributed by atoms with Crippen LogP contribution in [-0.4, -0.2) is 55.7 Å². The van der Waals surface area contributed by atoms with Crippen molar-refractivity contribution >= 4 is 40.3 Å². The summed E-state index contributed by atoms with van der Waals surface area (Å²) in [4.78, 5) is 45.6. The lowest BCUT2D eigenvalue weighted by atomic mass is 10.1. The van der Waals surface area contributed by atoms with Gasteiger partial charge in [0.2, 0.25) is 5.91 Å². The van der Waals surface area contributed by atoms with E-state index in [1.54, 1.807) is 6.92 Å². The zero-order valence-electron chi connectivity index (χ0n) is 19.0. The second kappa shape index (κ2) is 9.76. The van der Waals surface area contributed by atoms with Crippen molar-refractivity contribution in [3.8, 4) is 0 Å². The Morgan fingerprint density at radius 1 is 1.32 bits per heavy atom. The Morgan fingerprint density at radius 3 is 2.88 bits per heavy atom. The summed E-state index contributed by atoms with van der Waals surface area (Å²) in [5.74, 6) is -0.342. The van der Waals surface area contributed by atoms with E-state index in [4.69, 9.17) is 11.6 Å². The Labute approximate surface area is 200 Å².